The van der Waals surface area contributed by atoms with Crippen molar-refractivity contribution in [2.45, 2.75) is 44.7 Å². The summed E-state index contributed by atoms with van der Waals surface area (Å²) in [6.45, 7) is 0.364. The molecule has 21 heavy (non-hydrogen) atoms. The number of aromatic nitrogens is 2. The number of carboxylic acids is 1. The van der Waals surface area contributed by atoms with E-state index in [2.05, 4.69) is 15.3 Å². The summed E-state index contributed by atoms with van der Waals surface area (Å²) in [5, 5.41) is 12.2. The monoisotopic (exact) mass is 294 g/mol. The number of carbonyl (C=O) groups is 2. The van der Waals surface area contributed by atoms with Crippen molar-refractivity contribution in [1.29, 1.82) is 0 Å². The van der Waals surface area contributed by atoms with Crippen LogP contribution >= 0.6 is 0 Å². The Balaban J connectivity index is 1.94. The first-order valence-corrected chi connectivity index (χ1v) is 7.30. The zero-order chi connectivity index (χ0) is 15.2. The van der Waals surface area contributed by atoms with Gasteiger partial charge in [-0.05, 0) is 12.8 Å². The number of amides is 2. The number of urea groups is 1. The van der Waals surface area contributed by atoms with E-state index in [1.165, 1.54) is 4.90 Å². The molecule has 1 aliphatic carbocycles. The predicted molar refractivity (Wildman–Crippen MR) is 76.6 cm³/mol. The lowest BCUT2D eigenvalue weighted by atomic mass is 9.95. The maximum atomic E-state index is 12.2. The van der Waals surface area contributed by atoms with Crippen molar-refractivity contribution in [2.75, 3.05) is 7.05 Å². The summed E-state index contributed by atoms with van der Waals surface area (Å²) < 4.78 is 0. The quantitative estimate of drug-likeness (QED) is 0.734. The van der Waals surface area contributed by atoms with Crippen LogP contribution in [-0.4, -0.2) is 45.1 Å². The molecule has 7 heteroatoms. The van der Waals surface area contributed by atoms with Gasteiger partial charge in [0.2, 0.25) is 0 Å². The van der Waals surface area contributed by atoms with E-state index < -0.39 is 11.9 Å². The Bertz CT molecular complexity index is 475. The lowest BCUT2D eigenvalue weighted by Gasteiger charge is -2.26. The largest absolute Gasteiger partial charge is 0.481 e. The fraction of sp³-hybridized carbons (Fsp3) is 0.643. The normalized spacial score (nSPS) is 22.3. The van der Waals surface area contributed by atoms with E-state index in [1.54, 1.807) is 19.4 Å². The maximum absolute atomic E-state index is 12.2. The number of aliphatic carboxylic acids is 1. The van der Waals surface area contributed by atoms with Crippen molar-refractivity contribution in [2.24, 2.45) is 5.92 Å². The van der Waals surface area contributed by atoms with Gasteiger partial charge >= 0.3 is 12.0 Å². The van der Waals surface area contributed by atoms with Gasteiger partial charge in [-0.15, -0.1) is 0 Å². The van der Waals surface area contributed by atoms with Crippen molar-refractivity contribution < 1.29 is 14.7 Å². The molecule has 0 spiro atoms. The van der Waals surface area contributed by atoms with Gasteiger partial charge < -0.3 is 20.3 Å². The van der Waals surface area contributed by atoms with E-state index in [4.69, 9.17) is 0 Å². The average molecular weight is 294 g/mol. The second-order valence-corrected chi connectivity index (χ2v) is 5.53. The molecule has 116 valence electrons. The average Bonchev–Trinajstić information content (AvgIpc) is 2.83. The third kappa shape index (κ3) is 4.21. The number of rotatable bonds is 4. The SMILES string of the molecule is CN(Cc1ncc[nH]1)C(=O)NC1CCCCCC1C(=O)O. The van der Waals surface area contributed by atoms with Gasteiger partial charge in [-0.25, -0.2) is 9.78 Å². The standard InChI is InChI=1S/C14H22N4O3/c1-18(9-12-15-7-8-16-12)14(21)17-11-6-4-2-3-5-10(11)13(19)20/h7-8,10-11H,2-6,9H2,1H3,(H,15,16)(H,17,21)(H,19,20). The van der Waals surface area contributed by atoms with Gasteiger partial charge in [-0.3, -0.25) is 4.79 Å². The molecule has 1 heterocycles. The highest BCUT2D eigenvalue weighted by atomic mass is 16.4. The van der Waals surface area contributed by atoms with E-state index in [1.807, 2.05) is 0 Å². The van der Waals surface area contributed by atoms with Gasteiger partial charge in [0.25, 0.3) is 0 Å². The molecule has 1 fully saturated rings. The minimum absolute atomic E-state index is 0.260. The molecule has 1 saturated carbocycles. The lowest BCUT2D eigenvalue weighted by molar-refractivity contribution is -0.142. The van der Waals surface area contributed by atoms with E-state index in [0.717, 1.165) is 25.7 Å². The number of aromatic amines is 1. The zero-order valence-corrected chi connectivity index (χ0v) is 12.2. The van der Waals surface area contributed by atoms with Crippen molar-refractivity contribution in [3.05, 3.63) is 18.2 Å². The van der Waals surface area contributed by atoms with Crippen LogP contribution in [0, 0.1) is 5.92 Å². The van der Waals surface area contributed by atoms with Crippen LogP contribution in [0.4, 0.5) is 4.79 Å². The number of hydrogen-bond donors (Lipinski definition) is 3. The van der Waals surface area contributed by atoms with Crippen molar-refractivity contribution >= 4 is 12.0 Å². The fourth-order valence-electron chi connectivity index (χ4n) is 2.73. The third-order valence-electron chi connectivity index (χ3n) is 3.93. The number of imidazole rings is 1. The second-order valence-electron chi connectivity index (χ2n) is 5.53. The van der Waals surface area contributed by atoms with Gasteiger partial charge in [0.15, 0.2) is 0 Å². The smallest absolute Gasteiger partial charge is 0.317 e. The second kappa shape index (κ2) is 7.10. The minimum Gasteiger partial charge on any atom is -0.481 e. The number of carboxylic acid groups (broad SMARTS) is 1. The molecule has 2 amide bonds. The van der Waals surface area contributed by atoms with Crippen molar-refractivity contribution in [3.8, 4) is 0 Å². The predicted octanol–water partition coefficient (Wildman–Crippen LogP) is 1.58. The first-order chi connectivity index (χ1) is 10.1. The molecule has 1 aromatic rings. The Labute approximate surface area is 123 Å². The van der Waals surface area contributed by atoms with E-state index in [-0.39, 0.29) is 12.1 Å². The number of hydrogen-bond acceptors (Lipinski definition) is 3. The third-order valence-corrected chi connectivity index (χ3v) is 3.93. The molecule has 0 saturated heterocycles. The maximum Gasteiger partial charge on any atom is 0.317 e. The zero-order valence-electron chi connectivity index (χ0n) is 12.2. The Morgan fingerprint density at radius 3 is 2.86 bits per heavy atom. The Kier molecular flexibility index (Phi) is 5.19. The first kappa shape index (κ1) is 15.3. The van der Waals surface area contributed by atoms with Gasteiger partial charge in [0.1, 0.15) is 5.82 Å². The highest BCUT2D eigenvalue weighted by molar-refractivity contribution is 5.76. The van der Waals surface area contributed by atoms with Crippen molar-refractivity contribution in [1.82, 2.24) is 20.2 Å². The Hall–Kier alpha value is -2.05. The summed E-state index contributed by atoms with van der Waals surface area (Å²) in [6, 6.07) is -0.555. The molecule has 1 aliphatic rings. The van der Waals surface area contributed by atoms with Gasteiger partial charge in [-0.1, -0.05) is 19.3 Å². The Morgan fingerprint density at radius 2 is 2.19 bits per heavy atom. The van der Waals surface area contributed by atoms with Crippen LogP contribution in [0.5, 0.6) is 0 Å². The molecule has 2 atom stereocenters. The molecule has 0 aliphatic heterocycles. The van der Waals surface area contributed by atoms with E-state index >= 15 is 0 Å². The highest BCUT2D eigenvalue weighted by Gasteiger charge is 2.31. The van der Waals surface area contributed by atoms with E-state index in [0.29, 0.717) is 18.8 Å². The summed E-state index contributed by atoms with van der Waals surface area (Å²) >= 11 is 0. The molecule has 1 aromatic heterocycles. The summed E-state index contributed by atoms with van der Waals surface area (Å²) in [4.78, 5) is 32.1. The first-order valence-electron chi connectivity index (χ1n) is 7.30. The van der Waals surface area contributed by atoms with Gasteiger partial charge in [-0.2, -0.15) is 0 Å². The topological polar surface area (TPSA) is 98.3 Å². The summed E-state index contributed by atoms with van der Waals surface area (Å²) in [5.74, 6) is -0.618. The lowest BCUT2D eigenvalue weighted by Crippen LogP contribution is -2.47. The van der Waals surface area contributed by atoms with Crippen LogP contribution in [0.3, 0.4) is 0 Å². The summed E-state index contributed by atoms with van der Waals surface area (Å²) in [6.07, 6.45) is 7.57. The molecule has 3 N–H and O–H groups in total. The minimum atomic E-state index is -0.823. The molecule has 2 rings (SSSR count). The van der Waals surface area contributed by atoms with Crippen LogP contribution in [-0.2, 0) is 11.3 Å². The highest BCUT2D eigenvalue weighted by Crippen LogP contribution is 2.24. The molecule has 0 radical (unpaired) electrons. The van der Waals surface area contributed by atoms with Crippen LogP contribution in [0.2, 0.25) is 0 Å². The van der Waals surface area contributed by atoms with Crippen LogP contribution in [0.25, 0.3) is 0 Å². The van der Waals surface area contributed by atoms with Crippen LogP contribution in [0.1, 0.15) is 37.9 Å². The van der Waals surface area contributed by atoms with Crippen LogP contribution in [0.15, 0.2) is 12.4 Å². The molecule has 0 aromatic carbocycles. The molecule has 0 bridgehead atoms. The van der Waals surface area contributed by atoms with Gasteiger partial charge in [0.05, 0.1) is 12.5 Å². The van der Waals surface area contributed by atoms with Gasteiger partial charge in [0, 0.05) is 25.5 Å². The summed E-state index contributed by atoms with van der Waals surface area (Å²) in [5.41, 5.74) is 0. The number of H-pyrrole nitrogens is 1. The van der Waals surface area contributed by atoms with Crippen molar-refractivity contribution in [3.63, 3.8) is 0 Å². The number of carbonyl (C=O) groups excluding carboxylic acids is 1. The Morgan fingerprint density at radius 1 is 1.43 bits per heavy atom. The molecule has 2 unspecified atom stereocenters. The van der Waals surface area contributed by atoms with Crippen LogP contribution < -0.4 is 5.32 Å². The number of nitrogens with zero attached hydrogens (tertiary/aromatic N) is 2. The molecular formula is C14H22N4O3. The summed E-state index contributed by atoms with van der Waals surface area (Å²) in [7, 11) is 1.67. The fourth-order valence-corrected chi connectivity index (χ4v) is 2.73. The van der Waals surface area contributed by atoms with E-state index in [9.17, 15) is 14.7 Å². The molecule has 7 nitrogen and oxygen atoms in total. The number of nitrogens with one attached hydrogen (secondary N) is 2. The molecular weight excluding hydrogens is 272 g/mol.